The van der Waals surface area contributed by atoms with Crippen LogP contribution in [0.5, 0.6) is 0 Å². The maximum absolute atomic E-state index is 11.2. The van der Waals surface area contributed by atoms with Gasteiger partial charge in [-0.05, 0) is 19.4 Å². The molecule has 1 aromatic rings. The summed E-state index contributed by atoms with van der Waals surface area (Å²) >= 11 is 0. The molecule has 0 aromatic heterocycles. The summed E-state index contributed by atoms with van der Waals surface area (Å²) in [6.45, 7) is 3.76. The zero-order valence-electron chi connectivity index (χ0n) is 8.53. The highest BCUT2D eigenvalue weighted by atomic mass is 16.1. The Labute approximate surface area is 84.1 Å². The fourth-order valence-corrected chi connectivity index (χ4v) is 1.59. The van der Waals surface area contributed by atoms with E-state index in [1.807, 2.05) is 31.2 Å². The third-order valence-electron chi connectivity index (χ3n) is 2.23. The van der Waals surface area contributed by atoms with Crippen molar-refractivity contribution < 1.29 is 4.79 Å². The van der Waals surface area contributed by atoms with Gasteiger partial charge in [0, 0.05) is 6.04 Å². The average Bonchev–Trinajstić information content (AvgIpc) is 2.02. The zero-order chi connectivity index (χ0) is 10.7. The molecule has 2 atom stereocenters. The van der Waals surface area contributed by atoms with Gasteiger partial charge in [0.1, 0.15) is 0 Å². The van der Waals surface area contributed by atoms with E-state index >= 15 is 0 Å². The Morgan fingerprint density at radius 3 is 2.50 bits per heavy atom. The monoisotopic (exact) mass is 192 g/mol. The minimum Gasteiger partial charge on any atom is -0.369 e. The minimum atomic E-state index is -0.394. The Hall–Kier alpha value is -1.35. The second kappa shape index (κ2) is 4.24. The molecule has 0 radical (unpaired) electrons. The molecule has 1 amide bonds. The highest BCUT2D eigenvalue weighted by Gasteiger charge is 2.21. The van der Waals surface area contributed by atoms with Crippen LogP contribution < -0.4 is 11.5 Å². The largest absolute Gasteiger partial charge is 0.369 e. The van der Waals surface area contributed by atoms with Crippen molar-refractivity contribution in [2.24, 2.45) is 11.5 Å². The van der Waals surface area contributed by atoms with Crippen molar-refractivity contribution in [1.82, 2.24) is 0 Å². The molecule has 0 fully saturated rings. The van der Waals surface area contributed by atoms with Crippen molar-refractivity contribution in [3.05, 3.63) is 35.4 Å². The number of carbonyl (C=O) groups is 1. The average molecular weight is 192 g/mol. The van der Waals surface area contributed by atoms with E-state index in [9.17, 15) is 4.79 Å². The number of hydrogen-bond acceptors (Lipinski definition) is 2. The molecule has 1 rings (SSSR count). The number of primary amides is 1. The van der Waals surface area contributed by atoms with Crippen molar-refractivity contribution in [3.63, 3.8) is 0 Å². The van der Waals surface area contributed by atoms with Gasteiger partial charge in [0.15, 0.2) is 0 Å². The zero-order valence-corrected chi connectivity index (χ0v) is 8.53. The summed E-state index contributed by atoms with van der Waals surface area (Å²) in [5.41, 5.74) is 13.0. The molecule has 1 aromatic carbocycles. The molecule has 0 saturated carbocycles. The lowest BCUT2D eigenvalue weighted by Crippen LogP contribution is -2.35. The minimum absolute atomic E-state index is 0.255. The molecule has 2 unspecified atom stereocenters. The van der Waals surface area contributed by atoms with Gasteiger partial charge in [-0.15, -0.1) is 0 Å². The first-order valence-corrected chi connectivity index (χ1v) is 4.64. The molecule has 14 heavy (non-hydrogen) atoms. The SMILES string of the molecule is Cc1cccc(C(C(N)=O)C(C)N)c1. The maximum atomic E-state index is 11.2. The van der Waals surface area contributed by atoms with Gasteiger partial charge in [0.2, 0.25) is 5.91 Å². The van der Waals surface area contributed by atoms with E-state index in [2.05, 4.69) is 0 Å². The van der Waals surface area contributed by atoms with E-state index < -0.39 is 5.92 Å². The van der Waals surface area contributed by atoms with Crippen LogP contribution in [0.25, 0.3) is 0 Å². The highest BCUT2D eigenvalue weighted by molar-refractivity contribution is 5.82. The molecule has 0 aliphatic rings. The molecule has 3 heteroatoms. The summed E-state index contributed by atoms with van der Waals surface area (Å²) in [6.07, 6.45) is 0. The van der Waals surface area contributed by atoms with Crippen molar-refractivity contribution in [2.45, 2.75) is 25.8 Å². The van der Waals surface area contributed by atoms with Crippen LogP contribution in [0, 0.1) is 6.92 Å². The second-order valence-corrected chi connectivity index (χ2v) is 3.65. The van der Waals surface area contributed by atoms with Crippen LogP contribution in [0.4, 0.5) is 0 Å². The lowest BCUT2D eigenvalue weighted by Gasteiger charge is -2.17. The van der Waals surface area contributed by atoms with E-state index in [0.29, 0.717) is 0 Å². The van der Waals surface area contributed by atoms with E-state index in [1.54, 1.807) is 6.92 Å². The van der Waals surface area contributed by atoms with Crippen LogP contribution in [-0.2, 0) is 4.79 Å². The van der Waals surface area contributed by atoms with Gasteiger partial charge >= 0.3 is 0 Å². The van der Waals surface area contributed by atoms with Gasteiger partial charge < -0.3 is 11.5 Å². The van der Waals surface area contributed by atoms with Crippen molar-refractivity contribution in [3.8, 4) is 0 Å². The summed E-state index contributed by atoms with van der Waals surface area (Å²) in [4.78, 5) is 11.2. The Kier molecular flexibility index (Phi) is 3.25. The number of amides is 1. The summed E-state index contributed by atoms with van der Waals surface area (Å²) in [7, 11) is 0. The molecule has 4 N–H and O–H groups in total. The fourth-order valence-electron chi connectivity index (χ4n) is 1.59. The topological polar surface area (TPSA) is 69.1 Å². The van der Waals surface area contributed by atoms with E-state index in [-0.39, 0.29) is 11.9 Å². The molecule has 0 heterocycles. The second-order valence-electron chi connectivity index (χ2n) is 3.65. The van der Waals surface area contributed by atoms with Gasteiger partial charge in [-0.3, -0.25) is 4.79 Å². The summed E-state index contributed by atoms with van der Waals surface area (Å²) in [6, 6.07) is 7.45. The number of rotatable bonds is 3. The molecule has 0 spiro atoms. The quantitative estimate of drug-likeness (QED) is 0.747. The summed E-state index contributed by atoms with van der Waals surface area (Å²) < 4.78 is 0. The molecule has 0 aliphatic carbocycles. The van der Waals surface area contributed by atoms with Gasteiger partial charge in [-0.2, -0.15) is 0 Å². The van der Waals surface area contributed by atoms with Crippen LogP contribution in [0.3, 0.4) is 0 Å². The Morgan fingerprint density at radius 1 is 1.43 bits per heavy atom. The van der Waals surface area contributed by atoms with Crippen molar-refractivity contribution >= 4 is 5.91 Å². The van der Waals surface area contributed by atoms with E-state index in [0.717, 1.165) is 11.1 Å². The van der Waals surface area contributed by atoms with Gasteiger partial charge in [-0.25, -0.2) is 0 Å². The molecule has 0 saturated heterocycles. The van der Waals surface area contributed by atoms with Crippen molar-refractivity contribution in [1.29, 1.82) is 0 Å². The third-order valence-corrected chi connectivity index (χ3v) is 2.23. The van der Waals surface area contributed by atoms with Crippen LogP contribution in [-0.4, -0.2) is 11.9 Å². The summed E-state index contributed by atoms with van der Waals surface area (Å²) in [5.74, 6) is -0.763. The molecule has 76 valence electrons. The molecule has 0 bridgehead atoms. The third kappa shape index (κ3) is 2.33. The van der Waals surface area contributed by atoms with Crippen LogP contribution in [0.15, 0.2) is 24.3 Å². The Balaban J connectivity index is 3.05. The van der Waals surface area contributed by atoms with Crippen molar-refractivity contribution in [2.75, 3.05) is 0 Å². The molecule has 0 aliphatic heterocycles. The highest BCUT2D eigenvalue weighted by Crippen LogP contribution is 2.19. The predicted molar refractivity (Wildman–Crippen MR) is 56.8 cm³/mol. The fraction of sp³-hybridized carbons (Fsp3) is 0.364. The number of carbonyl (C=O) groups excluding carboxylic acids is 1. The number of hydrogen-bond donors (Lipinski definition) is 2. The maximum Gasteiger partial charge on any atom is 0.226 e. The lowest BCUT2D eigenvalue weighted by molar-refractivity contribution is -0.119. The number of nitrogens with two attached hydrogens (primary N) is 2. The number of benzene rings is 1. The lowest BCUT2D eigenvalue weighted by atomic mass is 9.91. The summed E-state index contributed by atoms with van der Waals surface area (Å²) in [5, 5.41) is 0. The van der Waals surface area contributed by atoms with Crippen LogP contribution in [0.2, 0.25) is 0 Å². The van der Waals surface area contributed by atoms with Gasteiger partial charge in [0.05, 0.1) is 5.92 Å². The first-order valence-electron chi connectivity index (χ1n) is 4.64. The van der Waals surface area contributed by atoms with E-state index in [4.69, 9.17) is 11.5 Å². The number of aryl methyl sites for hydroxylation is 1. The first kappa shape index (κ1) is 10.7. The Bertz CT molecular complexity index is 334. The van der Waals surface area contributed by atoms with Gasteiger partial charge in [-0.1, -0.05) is 29.8 Å². The first-order chi connectivity index (χ1) is 6.52. The molecular weight excluding hydrogens is 176 g/mol. The normalized spacial score (nSPS) is 14.8. The van der Waals surface area contributed by atoms with Crippen LogP contribution >= 0.6 is 0 Å². The Morgan fingerprint density at radius 2 is 2.07 bits per heavy atom. The van der Waals surface area contributed by atoms with E-state index in [1.165, 1.54) is 0 Å². The van der Waals surface area contributed by atoms with Crippen LogP contribution in [0.1, 0.15) is 24.0 Å². The smallest absolute Gasteiger partial charge is 0.226 e. The standard InChI is InChI=1S/C11H16N2O/c1-7-4-3-5-9(6-7)10(8(2)12)11(13)14/h3-6,8,10H,12H2,1-2H3,(H2,13,14). The molecular formula is C11H16N2O. The molecule has 3 nitrogen and oxygen atoms in total. The predicted octanol–water partition coefficient (Wildman–Crippen LogP) is 0.911. The van der Waals surface area contributed by atoms with Gasteiger partial charge in [0.25, 0.3) is 0 Å².